The van der Waals surface area contributed by atoms with Gasteiger partial charge in [-0.05, 0) is 37.7 Å². The largest absolute Gasteiger partial charge is 0.494 e. The number of amides is 3. The highest BCUT2D eigenvalue weighted by Crippen LogP contribution is 2.25. The molecule has 1 saturated carbocycles. The normalized spacial score (nSPS) is 18.5. The van der Waals surface area contributed by atoms with Crippen LogP contribution in [0.25, 0.3) is 11.7 Å². The van der Waals surface area contributed by atoms with Crippen LogP contribution in [0.3, 0.4) is 0 Å². The first-order chi connectivity index (χ1) is 15.7. The van der Waals surface area contributed by atoms with E-state index in [1.165, 1.54) is 27.8 Å². The van der Waals surface area contributed by atoms with Crippen molar-refractivity contribution >= 4 is 29.4 Å². The van der Waals surface area contributed by atoms with Gasteiger partial charge in [-0.1, -0.05) is 13.8 Å². The van der Waals surface area contributed by atoms with Gasteiger partial charge in [-0.3, -0.25) is 23.7 Å². The molecule has 11 nitrogen and oxygen atoms in total. The number of hydrogen-bond donors (Lipinski definition) is 3. The summed E-state index contributed by atoms with van der Waals surface area (Å²) in [6.45, 7) is 4.62. The monoisotopic (exact) mass is 456 g/mol. The van der Waals surface area contributed by atoms with Crippen LogP contribution < -0.4 is 16.6 Å². The Kier molecular flexibility index (Phi) is 5.96. The number of aromatic nitrogens is 3. The maximum Gasteiger partial charge on any atom is 0.291 e. The zero-order chi connectivity index (χ0) is 23.9. The molecule has 11 heteroatoms. The number of nitrogens with one attached hydrogen (secondary N) is 1. The van der Waals surface area contributed by atoms with Crippen LogP contribution in [0, 0.1) is 5.92 Å². The van der Waals surface area contributed by atoms with Crippen molar-refractivity contribution in [1.29, 1.82) is 0 Å². The van der Waals surface area contributed by atoms with Gasteiger partial charge in [0, 0.05) is 30.8 Å². The van der Waals surface area contributed by atoms with Gasteiger partial charge in [-0.2, -0.15) is 9.61 Å². The second-order valence-corrected chi connectivity index (χ2v) is 9.02. The fraction of sp³-hybridized carbons (Fsp3) is 0.500. The van der Waals surface area contributed by atoms with Crippen LogP contribution in [0.5, 0.6) is 5.88 Å². The Morgan fingerprint density at radius 1 is 1.30 bits per heavy atom. The Morgan fingerprint density at radius 3 is 2.67 bits per heavy atom. The third kappa shape index (κ3) is 4.35. The first-order valence-corrected chi connectivity index (χ1v) is 11.1. The number of aromatic hydroxyl groups is 1. The Balaban J connectivity index is 1.75. The number of rotatable bonds is 7. The molecular weight excluding hydrogens is 428 g/mol. The van der Waals surface area contributed by atoms with Gasteiger partial charge in [0.05, 0.1) is 6.20 Å². The maximum absolute atomic E-state index is 13.0. The molecule has 0 bridgehead atoms. The van der Waals surface area contributed by atoms with Gasteiger partial charge in [0.2, 0.25) is 17.7 Å². The van der Waals surface area contributed by atoms with Crippen molar-refractivity contribution in [3.05, 3.63) is 33.8 Å². The first-order valence-electron chi connectivity index (χ1n) is 11.1. The fourth-order valence-corrected chi connectivity index (χ4v) is 4.13. The predicted octanol–water partition coefficient (Wildman–Crippen LogP) is 0.239. The van der Waals surface area contributed by atoms with E-state index in [0.717, 1.165) is 17.4 Å². The highest BCUT2D eigenvalue weighted by Gasteiger charge is 2.32. The molecule has 176 valence electrons. The topological polar surface area (TPSA) is 152 Å². The molecule has 0 radical (unpaired) electrons. The number of carbonyl (C=O) groups excluding carboxylic acids is 3. The molecule has 2 aromatic heterocycles. The molecule has 0 unspecified atom stereocenters. The summed E-state index contributed by atoms with van der Waals surface area (Å²) in [5, 5.41) is 17.8. The quantitative estimate of drug-likeness (QED) is 0.508. The van der Waals surface area contributed by atoms with Crippen molar-refractivity contribution in [3.8, 4) is 5.88 Å². The number of hydrogen-bond acceptors (Lipinski definition) is 6. The zero-order valence-electron chi connectivity index (χ0n) is 18.7. The highest BCUT2D eigenvalue weighted by molar-refractivity contribution is 5.98. The molecule has 1 atom stereocenters. The third-order valence-corrected chi connectivity index (χ3v) is 5.87. The average Bonchev–Trinajstić information content (AvgIpc) is 3.25. The Morgan fingerprint density at radius 2 is 2.03 bits per heavy atom. The molecule has 2 aliphatic rings. The fourth-order valence-electron chi connectivity index (χ4n) is 4.13. The van der Waals surface area contributed by atoms with E-state index in [0.29, 0.717) is 31.5 Å². The lowest BCUT2D eigenvalue weighted by molar-refractivity contribution is -0.133. The summed E-state index contributed by atoms with van der Waals surface area (Å²) >= 11 is 0. The lowest BCUT2D eigenvalue weighted by Gasteiger charge is -2.20. The van der Waals surface area contributed by atoms with Crippen LogP contribution in [0.4, 0.5) is 0 Å². The summed E-state index contributed by atoms with van der Waals surface area (Å²) < 4.78 is 2.53. The second-order valence-electron chi connectivity index (χ2n) is 9.02. The Hall–Kier alpha value is -3.63. The average molecular weight is 457 g/mol. The minimum atomic E-state index is -0.736. The van der Waals surface area contributed by atoms with Crippen molar-refractivity contribution in [2.45, 2.75) is 58.2 Å². The lowest BCUT2D eigenvalue weighted by Crippen LogP contribution is -2.43. The molecule has 3 amide bonds. The lowest BCUT2D eigenvalue weighted by atomic mass is 10.2. The molecule has 1 aliphatic carbocycles. The molecule has 3 heterocycles. The van der Waals surface area contributed by atoms with E-state index < -0.39 is 29.3 Å². The van der Waals surface area contributed by atoms with Crippen molar-refractivity contribution in [2.24, 2.45) is 11.7 Å². The number of fused-ring (bicyclic) bond motifs is 1. The van der Waals surface area contributed by atoms with Crippen molar-refractivity contribution < 1.29 is 19.5 Å². The van der Waals surface area contributed by atoms with E-state index >= 15 is 0 Å². The van der Waals surface area contributed by atoms with Crippen LogP contribution in [0.1, 0.15) is 55.5 Å². The predicted molar refractivity (Wildman–Crippen MR) is 119 cm³/mol. The van der Waals surface area contributed by atoms with Crippen molar-refractivity contribution in [2.75, 3.05) is 6.54 Å². The molecule has 0 spiro atoms. The summed E-state index contributed by atoms with van der Waals surface area (Å²) in [4.78, 5) is 51.4. The molecule has 4 rings (SSSR count). The van der Waals surface area contributed by atoms with Gasteiger partial charge in [-0.15, -0.1) is 0 Å². The van der Waals surface area contributed by atoms with Gasteiger partial charge in [0.25, 0.3) is 11.5 Å². The van der Waals surface area contributed by atoms with E-state index in [-0.39, 0.29) is 29.1 Å². The summed E-state index contributed by atoms with van der Waals surface area (Å²) in [5.74, 6) is -1.91. The maximum atomic E-state index is 13.0. The van der Waals surface area contributed by atoms with E-state index in [9.17, 15) is 24.3 Å². The van der Waals surface area contributed by atoms with Gasteiger partial charge in [-0.25, -0.2) is 0 Å². The smallest absolute Gasteiger partial charge is 0.291 e. The molecular formula is C22H28N6O5. The van der Waals surface area contributed by atoms with Crippen molar-refractivity contribution in [3.63, 3.8) is 0 Å². The number of likely N-dealkylation sites (tertiary alicyclic amines) is 1. The zero-order valence-corrected chi connectivity index (χ0v) is 18.7. The summed E-state index contributed by atoms with van der Waals surface area (Å²) in [6, 6.07) is -0.621. The minimum absolute atomic E-state index is 0.0162. The SMILES string of the molecule is CC(C)Cn1c(O)c(C(=O)NC2CC2)c(=O)n2ncc(/C=C/C(=O)N3CCC[C@@H]3C(N)=O)c12. The summed E-state index contributed by atoms with van der Waals surface area (Å²) in [5.41, 5.74) is 4.99. The Bertz CT molecular complexity index is 1210. The third-order valence-electron chi connectivity index (χ3n) is 5.87. The molecule has 0 aromatic carbocycles. The molecule has 1 aliphatic heterocycles. The van der Waals surface area contributed by atoms with E-state index in [2.05, 4.69) is 10.4 Å². The summed E-state index contributed by atoms with van der Waals surface area (Å²) in [6.07, 6.45) is 7.08. The highest BCUT2D eigenvalue weighted by atomic mass is 16.3. The number of nitrogens with two attached hydrogens (primary N) is 1. The van der Waals surface area contributed by atoms with Gasteiger partial charge < -0.3 is 21.1 Å². The first kappa shape index (κ1) is 22.6. The van der Waals surface area contributed by atoms with Crippen LogP contribution in [-0.4, -0.2) is 60.5 Å². The van der Waals surface area contributed by atoms with Crippen LogP contribution >= 0.6 is 0 Å². The molecule has 1 saturated heterocycles. The van der Waals surface area contributed by atoms with Crippen molar-refractivity contribution in [1.82, 2.24) is 24.4 Å². The standard InChI is InChI=1S/C22H28N6O5/c1-12(2)11-27-20-13(5-8-16(29)26-9-3-4-15(26)18(23)30)10-24-28(20)22(33)17(21(27)32)19(31)25-14-6-7-14/h5,8,10,12,14-15,32H,3-4,6-7,9,11H2,1-2H3,(H2,23,30)(H,25,31)/b8-5+/t15-/m1/s1. The van der Waals surface area contributed by atoms with Crippen LogP contribution in [0.15, 0.2) is 17.1 Å². The number of primary amides is 1. The van der Waals surface area contributed by atoms with Crippen LogP contribution in [-0.2, 0) is 16.1 Å². The van der Waals surface area contributed by atoms with Gasteiger partial charge in [0.15, 0.2) is 5.56 Å². The molecule has 2 aromatic rings. The number of carbonyl (C=O) groups is 3. The van der Waals surface area contributed by atoms with E-state index in [1.54, 1.807) is 0 Å². The Labute approximate surface area is 189 Å². The summed E-state index contributed by atoms with van der Waals surface area (Å²) in [7, 11) is 0. The van der Waals surface area contributed by atoms with Gasteiger partial charge >= 0.3 is 0 Å². The number of nitrogens with zero attached hydrogens (tertiary/aromatic N) is 4. The molecule has 33 heavy (non-hydrogen) atoms. The van der Waals surface area contributed by atoms with Crippen LogP contribution in [0.2, 0.25) is 0 Å². The van der Waals surface area contributed by atoms with Gasteiger partial charge in [0.1, 0.15) is 11.7 Å². The van der Waals surface area contributed by atoms with E-state index in [4.69, 9.17) is 5.73 Å². The second kappa shape index (κ2) is 8.72. The molecule has 4 N–H and O–H groups in total. The molecule has 2 fully saturated rings. The van der Waals surface area contributed by atoms with E-state index in [1.807, 2.05) is 13.8 Å². The minimum Gasteiger partial charge on any atom is -0.494 e.